The Morgan fingerprint density at radius 1 is 0.895 bits per heavy atom. The molecule has 0 saturated carbocycles. The molecule has 0 aliphatic rings. The third-order valence-electron chi connectivity index (χ3n) is 5.88. The van der Waals surface area contributed by atoms with E-state index in [1.165, 1.54) is 6.20 Å². The summed E-state index contributed by atoms with van der Waals surface area (Å²) in [6.45, 7) is 3.78. The monoisotopic (exact) mass is 511 g/mol. The number of hydrogen-bond donors (Lipinski definition) is 5. The Hall–Kier alpha value is -5.12. The van der Waals surface area contributed by atoms with Crippen LogP contribution in [0.3, 0.4) is 0 Å². The van der Waals surface area contributed by atoms with Crippen LogP contribution in [-0.2, 0) is 0 Å². The van der Waals surface area contributed by atoms with Gasteiger partial charge in [0.25, 0.3) is 11.8 Å². The van der Waals surface area contributed by atoms with Crippen LogP contribution < -0.4 is 31.7 Å². The van der Waals surface area contributed by atoms with Gasteiger partial charge in [-0.1, -0.05) is 18.2 Å². The van der Waals surface area contributed by atoms with E-state index in [1.54, 1.807) is 56.6 Å². The summed E-state index contributed by atoms with van der Waals surface area (Å²) in [5.74, 6) is 0.545. The van der Waals surface area contributed by atoms with E-state index in [2.05, 4.69) is 31.2 Å². The third kappa shape index (κ3) is 5.98. The number of nitrogens with zero attached hydrogens (tertiary/aromatic N) is 2. The van der Waals surface area contributed by atoms with Gasteiger partial charge in [-0.05, 0) is 67.4 Å². The number of nitrogen functional groups attached to an aromatic ring is 1. The van der Waals surface area contributed by atoms with Gasteiger partial charge in [-0.15, -0.1) is 0 Å². The Morgan fingerprint density at radius 2 is 1.66 bits per heavy atom. The first-order valence-electron chi connectivity index (χ1n) is 11.8. The molecule has 0 unspecified atom stereocenters. The number of benzene rings is 3. The molecule has 10 nitrogen and oxygen atoms in total. The summed E-state index contributed by atoms with van der Waals surface area (Å²) in [5.41, 5.74) is 10.9. The Balaban J connectivity index is 1.50. The third-order valence-corrected chi connectivity index (χ3v) is 5.88. The Bertz CT molecular complexity index is 1500. The van der Waals surface area contributed by atoms with E-state index < -0.39 is 5.91 Å². The van der Waals surface area contributed by atoms with Crippen molar-refractivity contribution in [1.29, 1.82) is 0 Å². The average molecular weight is 512 g/mol. The summed E-state index contributed by atoms with van der Waals surface area (Å²) in [6, 6.07) is 17.7. The van der Waals surface area contributed by atoms with Crippen LogP contribution in [0, 0.1) is 13.8 Å². The fourth-order valence-electron chi connectivity index (χ4n) is 3.64. The highest BCUT2D eigenvalue weighted by Gasteiger charge is 2.16. The fourth-order valence-corrected chi connectivity index (χ4v) is 3.64. The largest absolute Gasteiger partial charge is 0.497 e. The van der Waals surface area contributed by atoms with Crippen LogP contribution in [0.2, 0.25) is 0 Å². The number of ether oxygens (including phenoxy) is 1. The number of rotatable bonds is 8. The maximum atomic E-state index is 13.2. The molecule has 38 heavy (non-hydrogen) atoms. The number of aromatic nitrogens is 2. The van der Waals surface area contributed by atoms with Crippen molar-refractivity contribution in [2.45, 2.75) is 13.8 Å². The van der Waals surface area contributed by atoms with Crippen molar-refractivity contribution in [3.63, 3.8) is 0 Å². The predicted octanol–water partition coefficient (Wildman–Crippen LogP) is 4.97. The van der Waals surface area contributed by atoms with Crippen LogP contribution in [0.4, 0.5) is 34.5 Å². The highest BCUT2D eigenvalue weighted by atomic mass is 16.5. The molecule has 4 aromatic rings. The lowest BCUT2D eigenvalue weighted by Crippen LogP contribution is -2.17. The number of carbonyl (C=O) groups excluding carboxylic acids is 2. The van der Waals surface area contributed by atoms with Gasteiger partial charge in [0.15, 0.2) is 0 Å². The van der Waals surface area contributed by atoms with Gasteiger partial charge in [-0.2, -0.15) is 4.98 Å². The second-order valence-corrected chi connectivity index (χ2v) is 8.57. The van der Waals surface area contributed by atoms with Crippen LogP contribution in [0.5, 0.6) is 5.75 Å². The van der Waals surface area contributed by atoms with E-state index in [0.717, 1.165) is 16.8 Å². The van der Waals surface area contributed by atoms with Gasteiger partial charge in [-0.3, -0.25) is 9.59 Å². The first-order valence-corrected chi connectivity index (χ1v) is 11.8. The molecule has 2 amide bonds. The van der Waals surface area contributed by atoms with Gasteiger partial charge in [0, 0.05) is 41.6 Å². The number of amides is 2. The second-order valence-electron chi connectivity index (χ2n) is 8.57. The molecule has 6 N–H and O–H groups in total. The molecule has 1 heterocycles. The molecular weight excluding hydrogens is 482 g/mol. The summed E-state index contributed by atoms with van der Waals surface area (Å²) in [6.07, 6.45) is 1.44. The van der Waals surface area contributed by atoms with Gasteiger partial charge < -0.3 is 31.7 Å². The molecule has 1 aromatic heterocycles. The van der Waals surface area contributed by atoms with Crippen molar-refractivity contribution >= 4 is 46.3 Å². The molecule has 0 fully saturated rings. The SMILES string of the molecule is CNc1nc(Nc2ccc(C)c(N)c2)ncc1C(=O)Nc1cc(NC(=O)c2cccc(OC)c2)ccc1C. The van der Waals surface area contributed by atoms with Gasteiger partial charge in [0.2, 0.25) is 5.95 Å². The van der Waals surface area contributed by atoms with Crippen molar-refractivity contribution in [2.75, 3.05) is 41.2 Å². The zero-order chi connectivity index (χ0) is 27.2. The highest BCUT2D eigenvalue weighted by molar-refractivity contribution is 6.08. The van der Waals surface area contributed by atoms with E-state index in [0.29, 0.717) is 40.1 Å². The number of nitrogens with two attached hydrogens (primary N) is 1. The molecule has 0 saturated heterocycles. The first kappa shape index (κ1) is 26.0. The van der Waals surface area contributed by atoms with Crippen LogP contribution in [0.1, 0.15) is 31.8 Å². The topological polar surface area (TPSA) is 143 Å². The predicted molar refractivity (Wildman–Crippen MR) is 151 cm³/mol. The minimum atomic E-state index is -0.403. The lowest BCUT2D eigenvalue weighted by Gasteiger charge is -2.14. The quantitative estimate of drug-likeness (QED) is 0.209. The van der Waals surface area contributed by atoms with E-state index in [9.17, 15) is 9.59 Å². The number of anilines is 6. The fraction of sp³-hybridized carbons (Fsp3) is 0.143. The van der Waals surface area contributed by atoms with Crippen molar-refractivity contribution in [2.24, 2.45) is 0 Å². The zero-order valence-corrected chi connectivity index (χ0v) is 21.5. The average Bonchev–Trinajstić information content (AvgIpc) is 2.92. The number of hydrogen-bond acceptors (Lipinski definition) is 8. The van der Waals surface area contributed by atoms with Crippen LogP contribution in [0.15, 0.2) is 66.9 Å². The van der Waals surface area contributed by atoms with Crippen LogP contribution >= 0.6 is 0 Å². The van der Waals surface area contributed by atoms with Crippen LogP contribution in [0.25, 0.3) is 0 Å². The second kappa shape index (κ2) is 11.3. The molecule has 0 aliphatic carbocycles. The Labute approximate surface area is 220 Å². The van der Waals surface area contributed by atoms with E-state index in [-0.39, 0.29) is 11.5 Å². The summed E-state index contributed by atoms with van der Waals surface area (Å²) in [4.78, 5) is 34.6. The standard InChI is InChI=1S/C28H29N7O3/c1-16-8-10-19(13-23(16)29)33-28-31-15-22(25(30-3)35-28)27(37)34-24-14-20(11-9-17(24)2)32-26(36)18-6-5-7-21(12-18)38-4/h5-15H,29H2,1-4H3,(H,32,36)(H,34,37)(H2,30,31,33,35). The summed E-state index contributed by atoms with van der Waals surface area (Å²) in [7, 11) is 3.22. The van der Waals surface area contributed by atoms with Gasteiger partial charge in [0.1, 0.15) is 17.1 Å². The zero-order valence-electron chi connectivity index (χ0n) is 21.5. The smallest absolute Gasteiger partial charge is 0.261 e. The van der Waals surface area contributed by atoms with Gasteiger partial charge in [0.05, 0.1) is 7.11 Å². The molecule has 0 aliphatic heterocycles. The molecule has 194 valence electrons. The molecule has 0 bridgehead atoms. The van der Waals surface area contributed by atoms with Gasteiger partial charge in [-0.25, -0.2) is 4.98 Å². The number of carbonyl (C=O) groups is 2. The molecule has 10 heteroatoms. The van der Waals surface area contributed by atoms with Crippen LogP contribution in [-0.4, -0.2) is 35.9 Å². The van der Waals surface area contributed by atoms with Crippen molar-refractivity contribution in [3.8, 4) is 5.75 Å². The maximum absolute atomic E-state index is 13.2. The number of nitrogens with one attached hydrogen (secondary N) is 4. The van der Waals surface area contributed by atoms with Gasteiger partial charge >= 0.3 is 0 Å². The van der Waals surface area contributed by atoms with E-state index >= 15 is 0 Å². The number of aryl methyl sites for hydroxylation is 2. The molecule has 4 rings (SSSR count). The summed E-state index contributed by atoms with van der Waals surface area (Å²) >= 11 is 0. The minimum absolute atomic E-state index is 0.256. The lowest BCUT2D eigenvalue weighted by molar-refractivity contribution is 0.101. The van der Waals surface area contributed by atoms with Crippen molar-refractivity contribution < 1.29 is 14.3 Å². The Kier molecular flexibility index (Phi) is 7.72. The number of methoxy groups -OCH3 is 1. The normalized spacial score (nSPS) is 10.4. The van der Waals surface area contributed by atoms with E-state index in [1.807, 2.05) is 32.0 Å². The maximum Gasteiger partial charge on any atom is 0.261 e. The van der Waals surface area contributed by atoms with Crippen molar-refractivity contribution in [3.05, 3.63) is 89.1 Å². The molecular formula is C28H29N7O3. The summed E-state index contributed by atoms with van der Waals surface area (Å²) < 4.78 is 5.19. The molecule has 3 aromatic carbocycles. The minimum Gasteiger partial charge on any atom is -0.497 e. The highest BCUT2D eigenvalue weighted by Crippen LogP contribution is 2.25. The molecule has 0 atom stereocenters. The Morgan fingerprint density at radius 3 is 2.39 bits per heavy atom. The lowest BCUT2D eigenvalue weighted by atomic mass is 10.1. The first-order chi connectivity index (χ1) is 18.3. The van der Waals surface area contributed by atoms with E-state index in [4.69, 9.17) is 10.5 Å². The molecule has 0 spiro atoms. The van der Waals surface area contributed by atoms with Crippen molar-refractivity contribution in [1.82, 2.24) is 9.97 Å². The summed E-state index contributed by atoms with van der Waals surface area (Å²) in [5, 5.41) is 11.8. The molecule has 0 radical (unpaired) electrons.